The SMILES string of the molecule is CCCCC(CN)Nc1ccc(Cl)cc1C#N. The first-order chi connectivity index (χ1) is 8.21. The molecule has 0 saturated carbocycles. The van der Waals surface area contributed by atoms with Crippen molar-refractivity contribution in [1.29, 1.82) is 5.26 Å². The van der Waals surface area contributed by atoms with Crippen molar-refractivity contribution in [3.8, 4) is 6.07 Å². The molecule has 17 heavy (non-hydrogen) atoms. The van der Waals surface area contributed by atoms with Crippen LogP contribution in [-0.2, 0) is 0 Å². The molecule has 0 amide bonds. The van der Waals surface area contributed by atoms with Crippen LogP contribution in [0.4, 0.5) is 5.69 Å². The van der Waals surface area contributed by atoms with Crippen molar-refractivity contribution in [1.82, 2.24) is 0 Å². The first-order valence-corrected chi connectivity index (χ1v) is 6.25. The van der Waals surface area contributed by atoms with Gasteiger partial charge in [-0.15, -0.1) is 0 Å². The molecule has 0 aliphatic rings. The molecule has 3 nitrogen and oxygen atoms in total. The van der Waals surface area contributed by atoms with Crippen LogP contribution in [0.2, 0.25) is 5.02 Å². The van der Waals surface area contributed by atoms with Crippen LogP contribution >= 0.6 is 11.6 Å². The van der Waals surface area contributed by atoms with Gasteiger partial charge in [0, 0.05) is 17.6 Å². The van der Waals surface area contributed by atoms with Gasteiger partial charge in [-0.25, -0.2) is 0 Å². The third-order valence-electron chi connectivity index (χ3n) is 2.65. The van der Waals surface area contributed by atoms with E-state index >= 15 is 0 Å². The lowest BCUT2D eigenvalue weighted by Gasteiger charge is -2.18. The zero-order valence-corrected chi connectivity index (χ0v) is 10.8. The van der Waals surface area contributed by atoms with Gasteiger partial charge in [-0.05, 0) is 24.6 Å². The number of nitriles is 1. The third kappa shape index (κ3) is 4.26. The zero-order chi connectivity index (χ0) is 12.7. The topological polar surface area (TPSA) is 61.8 Å². The van der Waals surface area contributed by atoms with Crippen LogP contribution in [0.1, 0.15) is 31.7 Å². The lowest BCUT2D eigenvalue weighted by Crippen LogP contribution is -2.29. The van der Waals surface area contributed by atoms with Crippen LogP contribution in [0, 0.1) is 11.3 Å². The number of rotatable bonds is 6. The quantitative estimate of drug-likeness (QED) is 0.817. The van der Waals surface area contributed by atoms with Crippen molar-refractivity contribution in [3.05, 3.63) is 28.8 Å². The summed E-state index contributed by atoms with van der Waals surface area (Å²) in [4.78, 5) is 0. The lowest BCUT2D eigenvalue weighted by atomic mass is 10.1. The summed E-state index contributed by atoms with van der Waals surface area (Å²) in [5, 5.41) is 12.9. The molecule has 3 N–H and O–H groups in total. The fourth-order valence-electron chi connectivity index (χ4n) is 1.65. The van der Waals surface area contributed by atoms with Gasteiger partial charge in [0.05, 0.1) is 11.3 Å². The Morgan fingerprint density at radius 2 is 2.29 bits per heavy atom. The van der Waals surface area contributed by atoms with Crippen LogP contribution < -0.4 is 11.1 Å². The molecule has 1 aromatic rings. The Morgan fingerprint density at radius 3 is 2.88 bits per heavy atom. The van der Waals surface area contributed by atoms with E-state index in [0.717, 1.165) is 24.9 Å². The molecule has 4 heteroatoms. The number of benzene rings is 1. The highest BCUT2D eigenvalue weighted by molar-refractivity contribution is 6.30. The molecule has 0 aliphatic heterocycles. The Labute approximate surface area is 108 Å². The summed E-state index contributed by atoms with van der Waals surface area (Å²) in [6.07, 6.45) is 3.29. The average Bonchev–Trinajstić information content (AvgIpc) is 2.35. The van der Waals surface area contributed by atoms with Crippen molar-refractivity contribution >= 4 is 17.3 Å². The average molecular weight is 252 g/mol. The fourth-order valence-corrected chi connectivity index (χ4v) is 1.83. The maximum Gasteiger partial charge on any atom is 0.101 e. The van der Waals surface area contributed by atoms with Crippen LogP contribution in [0.3, 0.4) is 0 Å². The number of halogens is 1. The Hall–Kier alpha value is -1.24. The summed E-state index contributed by atoms with van der Waals surface area (Å²) in [6, 6.07) is 7.61. The molecule has 0 aliphatic carbocycles. The minimum Gasteiger partial charge on any atom is -0.380 e. The van der Waals surface area contributed by atoms with Gasteiger partial charge < -0.3 is 11.1 Å². The maximum atomic E-state index is 9.02. The molecule has 0 saturated heterocycles. The molecule has 0 bridgehead atoms. The van der Waals surface area contributed by atoms with E-state index in [9.17, 15) is 0 Å². The summed E-state index contributed by atoms with van der Waals surface area (Å²) >= 11 is 5.85. The van der Waals surface area contributed by atoms with Crippen LogP contribution in [0.25, 0.3) is 0 Å². The highest BCUT2D eigenvalue weighted by atomic mass is 35.5. The van der Waals surface area contributed by atoms with Crippen molar-refractivity contribution in [3.63, 3.8) is 0 Å². The van der Waals surface area contributed by atoms with E-state index in [1.165, 1.54) is 0 Å². The van der Waals surface area contributed by atoms with Gasteiger partial charge in [0.25, 0.3) is 0 Å². The second kappa shape index (κ2) is 7.16. The summed E-state index contributed by atoms with van der Waals surface area (Å²) in [7, 11) is 0. The molecule has 0 spiro atoms. The van der Waals surface area contributed by atoms with Gasteiger partial charge in [0.1, 0.15) is 6.07 Å². The summed E-state index contributed by atoms with van der Waals surface area (Å²) in [6.45, 7) is 2.71. The normalized spacial score (nSPS) is 11.9. The maximum absolute atomic E-state index is 9.02. The molecule has 0 heterocycles. The van der Waals surface area contributed by atoms with Crippen molar-refractivity contribution in [2.75, 3.05) is 11.9 Å². The van der Waals surface area contributed by atoms with E-state index < -0.39 is 0 Å². The summed E-state index contributed by atoms with van der Waals surface area (Å²) in [5.41, 5.74) is 7.08. The highest BCUT2D eigenvalue weighted by Gasteiger charge is 2.09. The monoisotopic (exact) mass is 251 g/mol. The number of hydrogen-bond donors (Lipinski definition) is 2. The molecule has 1 aromatic carbocycles. The van der Waals surface area contributed by atoms with E-state index in [1.807, 2.05) is 6.07 Å². The largest absolute Gasteiger partial charge is 0.380 e. The van der Waals surface area contributed by atoms with E-state index in [-0.39, 0.29) is 6.04 Å². The first-order valence-electron chi connectivity index (χ1n) is 5.87. The summed E-state index contributed by atoms with van der Waals surface area (Å²) < 4.78 is 0. The van der Waals surface area contributed by atoms with E-state index in [1.54, 1.807) is 12.1 Å². The van der Waals surface area contributed by atoms with Gasteiger partial charge in [-0.3, -0.25) is 0 Å². The molecule has 0 radical (unpaired) electrons. The standard InChI is InChI=1S/C13H18ClN3/c1-2-3-4-12(9-16)17-13-6-5-11(14)7-10(13)8-15/h5-7,12,17H,2-4,9,16H2,1H3. The fraction of sp³-hybridized carbons (Fsp3) is 0.462. The van der Waals surface area contributed by atoms with E-state index in [2.05, 4.69) is 18.3 Å². The molecular weight excluding hydrogens is 234 g/mol. The Kier molecular flexibility index (Phi) is 5.82. The highest BCUT2D eigenvalue weighted by Crippen LogP contribution is 2.21. The number of unbranched alkanes of at least 4 members (excludes halogenated alkanes) is 1. The molecule has 1 rings (SSSR count). The van der Waals surface area contributed by atoms with Gasteiger partial charge >= 0.3 is 0 Å². The molecule has 1 atom stereocenters. The minimum atomic E-state index is 0.211. The second-order valence-electron chi connectivity index (χ2n) is 4.02. The van der Waals surface area contributed by atoms with Gasteiger partial charge in [0.15, 0.2) is 0 Å². The second-order valence-corrected chi connectivity index (χ2v) is 4.46. The lowest BCUT2D eigenvalue weighted by molar-refractivity contribution is 0.614. The van der Waals surface area contributed by atoms with E-state index in [0.29, 0.717) is 17.1 Å². The van der Waals surface area contributed by atoms with Crippen LogP contribution in [-0.4, -0.2) is 12.6 Å². The minimum absolute atomic E-state index is 0.211. The number of nitrogens with one attached hydrogen (secondary N) is 1. The van der Waals surface area contributed by atoms with Gasteiger partial charge in [-0.2, -0.15) is 5.26 Å². The number of anilines is 1. The Balaban J connectivity index is 2.75. The Bertz CT molecular complexity index is 398. The van der Waals surface area contributed by atoms with Gasteiger partial charge in [-0.1, -0.05) is 31.4 Å². The molecule has 1 unspecified atom stereocenters. The van der Waals surface area contributed by atoms with Crippen molar-refractivity contribution in [2.45, 2.75) is 32.2 Å². The number of nitrogens with two attached hydrogens (primary N) is 1. The Morgan fingerprint density at radius 1 is 1.53 bits per heavy atom. The van der Waals surface area contributed by atoms with Gasteiger partial charge in [0.2, 0.25) is 0 Å². The zero-order valence-electron chi connectivity index (χ0n) is 10.0. The number of nitrogens with zero attached hydrogens (tertiary/aromatic N) is 1. The predicted molar refractivity (Wildman–Crippen MR) is 72.2 cm³/mol. The van der Waals surface area contributed by atoms with Crippen molar-refractivity contribution < 1.29 is 0 Å². The molecule has 92 valence electrons. The van der Waals surface area contributed by atoms with Crippen LogP contribution in [0.15, 0.2) is 18.2 Å². The van der Waals surface area contributed by atoms with Crippen LogP contribution in [0.5, 0.6) is 0 Å². The molecular formula is C13H18ClN3. The van der Waals surface area contributed by atoms with Crippen molar-refractivity contribution in [2.24, 2.45) is 5.73 Å². The molecule has 0 aromatic heterocycles. The molecule has 0 fully saturated rings. The smallest absolute Gasteiger partial charge is 0.101 e. The number of hydrogen-bond acceptors (Lipinski definition) is 3. The summed E-state index contributed by atoms with van der Waals surface area (Å²) in [5.74, 6) is 0. The third-order valence-corrected chi connectivity index (χ3v) is 2.89. The first kappa shape index (κ1) is 13.8. The van der Waals surface area contributed by atoms with E-state index in [4.69, 9.17) is 22.6 Å². The predicted octanol–water partition coefficient (Wildman–Crippen LogP) is 3.14.